The molecule has 34 heavy (non-hydrogen) atoms. The van der Waals surface area contributed by atoms with Gasteiger partial charge in [-0.05, 0) is 32.4 Å². The van der Waals surface area contributed by atoms with Crippen LogP contribution in [0.3, 0.4) is 0 Å². The first-order chi connectivity index (χ1) is 16.4. The summed E-state index contributed by atoms with van der Waals surface area (Å²) in [4.78, 5) is 22.1. The number of likely N-dealkylation sites (tertiary alicyclic amines) is 1. The summed E-state index contributed by atoms with van der Waals surface area (Å²) in [6, 6.07) is 4.55. The highest BCUT2D eigenvalue weighted by Gasteiger charge is 2.35. The van der Waals surface area contributed by atoms with Gasteiger partial charge in [0, 0.05) is 24.7 Å². The predicted molar refractivity (Wildman–Crippen MR) is 123 cm³/mol. The van der Waals surface area contributed by atoms with Crippen LogP contribution < -0.4 is 4.74 Å². The van der Waals surface area contributed by atoms with E-state index in [0.717, 1.165) is 55.4 Å². The van der Waals surface area contributed by atoms with E-state index in [1.165, 1.54) is 18.2 Å². The van der Waals surface area contributed by atoms with E-state index < -0.39 is 5.82 Å². The minimum absolute atomic E-state index is 0.0890. The molecule has 0 radical (unpaired) electrons. The van der Waals surface area contributed by atoms with Crippen LogP contribution >= 0.6 is 11.6 Å². The van der Waals surface area contributed by atoms with E-state index in [2.05, 4.69) is 15.0 Å². The average Bonchev–Trinajstić information content (AvgIpc) is 3.47. The lowest BCUT2D eigenvalue weighted by molar-refractivity contribution is -0.0592. The number of benzene rings is 1. The van der Waals surface area contributed by atoms with Crippen molar-refractivity contribution in [2.45, 2.75) is 45.5 Å². The van der Waals surface area contributed by atoms with Crippen LogP contribution in [0, 0.1) is 19.7 Å². The Balaban J connectivity index is 1.23. The lowest BCUT2D eigenvalue weighted by atomic mass is 10.1. The second kappa shape index (κ2) is 8.18. The predicted octanol–water partition coefficient (Wildman–Crippen LogP) is 3.15. The fourth-order valence-electron chi connectivity index (χ4n) is 4.99. The quantitative estimate of drug-likeness (QED) is 0.565. The summed E-state index contributed by atoms with van der Waals surface area (Å²) < 4.78 is 27.3. The zero-order chi connectivity index (χ0) is 23.6. The van der Waals surface area contributed by atoms with Crippen molar-refractivity contribution in [2.24, 2.45) is 0 Å². The third-order valence-electron chi connectivity index (χ3n) is 7.02. The molecule has 2 saturated heterocycles. The number of ether oxygens (including phenoxy) is 2. The third kappa shape index (κ3) is 3.54. The Labute approximate surface area is 201 Å². The molecule has 3 aliphatic heterocycles. The standard InChI is InChI=1S/C24H25ClFN5O3/c1-13-22(25)14(2)31-23(27-13)19-9-30(10-20(19)28-31)24(32)18-4-3-15(26)7-21(18)34-17-5-6-29(8-17)16-11-33-12-16/h3-4,7,16-17H,5-6,8-12H2,1-2H3/t17-/m1/s1. The van der Waals surface area contributed by atoms with Crippen LogP contribution in [0.4, 0.5) is 4.39 Å². The molecule has 0 aliphatic carbocycles. The maximum Gasteiger partial charge on any atom is 0.258 e. The number of hydrogen-bond acceptors (Lipinski definition) is 6. The van der Waals surface area contributed by atoms with E-state index in [-0.39, 0.29) is 17.8 Å². The van der Waals surface area contributed by atoms with Gasteiger partial charge in [-0.3, -0.25) is 9.69 Å². The Hall–Kier alpha value is -2.75. The van der Waals surface area contributed by atoms with Crippen LogP contribution in [-0.2, 0) is 17.8 Å². The SMILES string of the molecule is Cc1nc2c3c(nn2c(C)c1Cl)CN(C(=O)c1ccc(F)cc1O[C@@H]1CCN(C2COC2)C1)C3. The smallest absolute Gasteiger partial charge is 0.258 e. The molecule has 1 atom stereocenters. The number of fused-ring (bicyclic) bond motifs is 3. The van der Waals surface area contributed by atoms with Crippen LogP contribution in [-0.4, -0.2) is 68.8 Å². The number of hydrogen-bond donors (Lipinski definition) is 0. The van der Waals surface area contributed by atoms with E-state index in [1.807, 2.05) is 13.8 Å². The largest absolute Gasteiger partial charge is 0.488 e. The van der Waals surface area contributed by atoms with Crippen molar-refractivity contribution >= 4 is 23.2 Å². The molecular formula is C24H25ClFN5O3. The molecule has 0 unspecified atom stereocenters. The fourth-order valence-corrected chi connectivity index (χ4v) is 5.12. The maximum absolute atomic E-state index is 14.1. The summed E-state index contributed by atoms with van der Waals surface area (Å²) in [5.41, 5.74) is 4.33. The summed E-state index contributed by atoms with van der Waals surface area (Å²) in [5.74, 6) is -0.351. The molecule has 1 aromatic carbocycles. The molecule has 10 heteroatoms. The zero-order valence-electron chi connectivity index (χ0n) is 19.1. The van der Waals surface area contributed by atoms with Crippen molar-refractivity contribution in [2.75, 3.05) is 26.3 Å². The monoisotopic (exact) mass is 485 g/mol. The molecule has 5 heterocycles. The van der Waals surface area contributed by atoms with Gasteiger partial charge < -0.3 is 14.4 Å². The molecular weight excluding hydrogens is 461 g/mol. The molecule has 3 aliphatic rings. The second-order valence-electron chi connectivity index (χ2n) is 9.27. The van der Waals surface area contributed by atoms with Gasteiger partial charge in [0.1, 0.15) is 17.7 Å². The van der Waals surface area contributed by atoms with Gasteiger partial charge in [0.05, 0.1) is 60.0 Å². The average molecular weight is 486 g/mol. The first-order valence-corrected chi connectivity index (χ1v) is 11.9. The van der Waals surface area contributed by atoms with Crippen LogP contribution in [0.25, 0.3) is 5.65 Å². The molecule has 2 fully saturated rings. The summed E-state index contributed by atoms with van der Waals surface area (Å²) in [5, 5.41) is 5.24. The van der Waals surface area contributed by atoms with Crippen molar-refractivity contribution in [3.05, 3.63) is 57.2 Å². The van der Waals surface area contributed by atoms with Crippen molar-refractivity contribution < 1.29 is 18.7 Å². The highest BCUT2D eigenvalue weighted by molar-refractivity contribution is 6.31. The summed E-state index contributed by atoms with van der Waals surface area (Å²) in [7, 11) is 0. The van der Waals surface area contributed by atoms with Gasteiger partial charge in [0.25, 0.3) is 5.91 Å². The van der Waals surface area contributed by atoms with Crippen molar-refractivity contribution in [3.8, 4) is 5.75 Å². The number of rotatable bonds is 4. The molecule has 0 spiro atoms. The van der Waals surface area contributed by atoms with Crippen molar-refractivity contribution in [1.29, 1.82) is 0 Å². The Kier molecular flexibility index (Phi) is 5.24. The van der Waals surface area contributed by atoms with E-state index in [1.54, 1.807) is 9.42 Å². The van der Waals surface area contributed by atoms with Gasteiger partial charge >= 0.3 is 0 Å². The number of amides is 1. The normalized spacial score (nSPS) is 20.7. The zero-order valence-corrected chi connectivity index (χ0v) is 19.8. The molecule has 2 aromatic heterocycles. The number of carbonyl (C=O) groups is 1. The van der Waals surface area contributed by atoms with Gasteiger partial charge in [-0.25, -0.2) is 13.9 Å². The van der Waals surface area contributed by atoms with Crippen LogP contribution in [0.2, 0.25) is 5.02 Å². The topological polar surface area (TPSA) is 72.2 Å². The van der Waals surface area contributed by atoms with Gasteiger partial charge in [-0.2, -0.15) is 5.10 Å². The molecule has 1 amide bonds. The number of halogens is 2. The number of nitrogens with zero attached hydrogens (tertiary/aromatic N) is 5. The van der Waals surface area contributed by atoms with E-state index >= 15 is 0 Å². The number of aryl methyl sites for hydroxylation is 2. The Morgan fingerprint density at radius 2 is 2.09 bits per heavy atom. The summed E-state index contributed by atoms with van der Waals surface area (Å²) in [6.07, 6.45) is 0.744. The minimum atomic E-state index is -0.428. The van der Waals surface area contributed by atoms with Crippen molar-refractivity contribution in [1.82, 2.24) is 24.4 Å². The lowest BCUT2D eigenvalue weighted by Crippen LogP contribution is -2.48. The highest BCUT2D eigenvalue weighted by atomic mass is 35.5. The Morgan fingerprint density at radius 1 is 1.26 bits per heavy atom. The lowest BCUT2D eigenvalue weighted by Gasteiger charge is -2.34. The van der Waals surface area contributed by atoms with Gasteiger partial charge in [0.15, 0.2) is 5.65 Å². The first-order valence-electron chi connectivity index (χ1n) is 11.5. The molecule has 3 aromatic rings. The highest BCUT2D eigenvalue weighted by Crippen LogP contribution is 2.32. The minimum Gasteiger partial charge on any atom is -0.488 e. The van der Waals surface area contributed by atoms with Gasteiger partial charge in [-0.15, -0.1) is 0 Å². The molecule has 0 saturated carbocycles. The third-order valence-corrected chi connectivity index (χ3v) is 7.57. The molecule has 8 nitrogen and oxygen atoms in total. The Morgan fingerprint density at radius 3 is 2.85 bits per heavy atom. The van der Waals surface area contributed by atoms with E-state index in [0.29, 0.717) is 35.4 Å². The number of carbonyl (C=O) groups excluding carboxylic acids is 1. The van der Waals surface area contributed by atoms with E-state index in [4.69, 9.17) is 21.1 Å². The molecule has 178 valence electrons. The van der Waals surface area contributed by atoms with Crippen LogP contribution in [0.15, 0.2) is 18.2 Å². The maximum atomic E-state index is 14.1. The first kappa shape index (κ1) is 21.8. The summed E-state index contributed by atoms with van der Waals surface area (Å²) >= 11 is 6.33. The molecule has 0 bridgehead atoms. The summed E-state index contributed by atoms with van der Waals surface area (Å²) in [6.45, 7) is 7.64. The van der Waals surface area contributed by atoms with Gasteiger partial charge in [0.2, 0.25) is 0 Å². The second-order valence-corrected chi connectivity index (χ2v) is 9.65. The van der Waals surface area contributed by atoms with E-state index in [9.17, 15) is 9.18 Å². The Bertz CT molecular complexity index is 1310. The van der Waals surface area contributed by atoms with Crippen molar-refractivity contribution in [3.63, 3.8) is 0 Å². The van der Waals surface area contributed by atoms with Crippen LogP contribution in [0.5, 0.6) is 5.75 Å². The molecule has 0 N–H and O–H groups in total. The fraction of sp³-hybridized carbons (Fsp3) is 0.458. The molecule has 6 rings (SSSR count). The van der Waals surface area contributed by atoms with Gasteiger partial charge in [-0.1, -0.05) is 11.6 Å². The van der Waals surface area contributed by atoms with Crippen LogP contribution in [0.1, 0.15) is 39.4 Å². The number of aromatic nitrogens is 3.